The van der Waals surface area contributed by atoms with Gasteiger partial charge in [-0.2, -0.15) is 9.50 Å². The standard InChI is InChI=1S/C23H13ClFN3O3S2/c24-16-5-11-19(12-6-16)33(30,31)18-9-3-15(4-10-18)21-26-23-28(27-21)22(29)20(32-23)13-14-1-7-17(25)8-2-14/h1-13H/b20-13+. The van der Waals surface area contributed by atoms with Crippen molar-refractivity contribution >= 4 is 43.8 Å². The van der Waals surface area contributed by atoms with Crippen LogP contribution in [0.15, 0.2) is 87.4 Å². The summed E-state index contributed by atoms with van der Waals surface area (Å²) in [7, 11) is -3.69. The molecule has 2 heterocycles. The Morgan fingerprint density at radius 1 is 0.909 bits per heavy atom. The largest absolute Gasteiger partial charge is 0.291 e. The lowest BCUT2D eigenvalue weighted by atomic mass is 10.2. The van der Waals surface area contributed by atoms with E-state index in [2.05, 4.69) is 10.1 Å². The Morgan fingerprint density at radius 2 is 1.52 bits per heavy atom. The van der Waals surface area contributed by atoms with E-state index in [1.165, 1.54) is 64.4 Å². The summed E-state index contributed by atoms with van der Waals surface area (Å²) in [6.07, 6.45) is 1.65. The van der Waals surface area contributed by atoms with Crippen LogP contribution in [-0.2, 0) is 9.84 Å². The number of rotatable bonds is 4. The maximum atomic E-state index is 13.1. The number of benzene rings is 3. The van der Waals surface area contributed by atoms with Crippen molar-refractivity contribution in [1.82, 2.24) is 14.6 Å². The number of sulfone groups is 1. The van der Waals surface area contributed by atoms with Gasteiger partial charge in [-0.3, -0.25) is 4.79 Å². The molecule has 5 aromatic rings. The highest BCUT2D eigenvalue weighted by Crippen LogP contribution is 2.25. The normalized spacial score (nSPS) is 12.5. The molecular weight excluding hydrogens is 485 g/mol. The van der Waals surface area contributed by atoms with Gasteiger partial charge in [0.15, 0.2) is 5.82 Å². The van der Waals surface area contributed by atoms with Crippen molar-refractivity contribution in [2.24, 2.45) is 0 Å². The summed E-state index contributed by atoms with van der Waals surface area (Å²) in [5, 5.41) is 4.73. The van der Waals surface area contributed by atoms with Gasteiger partial charge < -0.3 is 0 Å². The molecule has 0 aliphatic heterocycles. The SMILES string of the molecule is O=c1/c(=C\c2ccc(F)cc2)sc2nc(-c3ccc(S(=O)(=O)c4ccc(Cl)cc4)cc3)nn12. The van der Waals surface area contributed by atoms with Crippen LogP contribution in [0.3, 0.4) is 0 Å². The van der Waals surface area contributed by atoms with E-state index in [0.717, 1.165) is 0 Å². The third-order valence-corrected chi connectivity index (χ3v) is 7.89. The second-order valence-electron chi connectivity index (χ2n) is 7.08. The number of aromatic nitrogens is 3. The van der Waals surface area contributed by atoms with Crippen LogP contribution in [-0.4, -0.2) is 23.0 Å². The fourth-order valence-corrected chi connectivity index (χ4v) is 5.49. The Kier molecular flexibility index (Phi) is 5.32. The van der Waals surface area contributed by atoms with Crippen LogP contribution in [0.2, 0.25) is 5.02 Å². The van der Waals surface area contributed by atoms with E-state index in [4.69, 9.17) is 11.6 Å². The van der Waals surface area contributed by atoms with Gasteiger partial charge in [-0.25, -0.2) is 12.8 Å². The van der Waals surface area contributed by atoms with Crippen molar-refractivity contribution in [3.8, 4) is 11.4 Å². The van der Waals surface area contributed by atoms with Gasteiger partial charge in [0.1, 0.15) is 5.82 Å². The number of hydrogen-bond acceptors (Lipinski definition) is 6. The van der Waals surface area contributed by atoms with Crippen molar-refractivity contribution in [2.45, 2.75) is 9.79 Å². The Labute approximate surface area is 196 Å². The molecule has 10 heteroatoms. The fourth-order valence-electron chi connectivity index (χ4n) is 3.20. The topological polar surface area (TPSA) is 81.4 Å². The lowest BCUT2D eigenvalue weighted by molar-refractivity contribution is 0.596. The molecule has 33 heavy (non-hydrogen) atoms. The van der Waals surface area contributed by atoms with Crippen LogP contribution < -0.4 is 10.1 Å². The van der Waals surface area contributed by atoms with Crippen LogP contribution in [0.4, 0.5) is 4.39 Å². The van der Waals surface area contributed by atoms with Crippen LogP contribution in [0.25, 0.3) is 22.4 Å². The predicted molar refractivity (Wildman–Crippen MR) is 125 cm³/mol. The number of nitrogens with zero attached hydrogens (tertiary/aromatic N) is 3. The summed E-state index contributed by atoms with van der Waals surface area (Å²) >= 11 is 7.00. The van der Waals surface area contributed by atoms with E-state index in [-0.39, 0.29) is 21.2 Å². The first kappa shape index (κ1) is 21.4. The van der Waals surface area contributed by atoms with E-state index >= 15 is 0 Å². The lowest BCUT2D eigenvalue weighted by Crippen LogP contribution is -2.23. The maximum Gasteiger partial charge on any atom is 0.291 e. The van der Waals surface area contributed by atoms with Gasteiger partial charge in [-0.1, -0.05) is 35.1 Å². The average Bonchev–Trinajstić information content (AvgIpc) is 3.35. The molecule has 5 rings (SSSR count). The molecule has 0 saturated carbocycles. The van der Waals surface area contributed by atoms with Crippen molar-refractivity contribution < 1.29 is 12.8 Å². The van der Waals surface area contributed by atoms with Crippen molar-refractivity contribution in [2.75, 3.05) is 0 Å². The third kappa shape index (κ3) is 4.06. The second-order valence-corrected chi connectivity index (χ2v) is 10.5. The van der Waals surface area contributed by atoms with E-state index in [9.17, 15) is 17.6 Å². The molecule has 0 unspecified atom stereocenters. The number of fused-ring (bicyclic) bond motifs is 1. The monoisotopic (exact) mass is 497 g/mol. The molecule has 0 bridgehead atoms. The quantitative estimate of drug-likeness (QED) is 0.375. The van der Waals surface area contributed by atoms with Gasteiger partial charge in [-0.15, -0.1) is 5.10 Å². The van der Waals surface area contributed by atoms with Crippen molar-refractivity contribution in [3.63, 3.8) is 0 Å². The van der Waals surface area contributed by atoms with Crippen LogP contribution in [0.1, 0.15) is 5.56 Å². The third-order valence-electron chi connectivity index (χ3n) is 4.90. The molecule has 0 amide bonds. The smallest absolute Gasteiger partial charge is 0.266 e. The van der Waals surface area contributed by atoms with Gasteiger partial charge >= 0.3 is 0 Å². The van der Waals surface area contributed by atoms with E-state index in [0.29, 0.717) is 31.5 Å². The van der Waals surface area contributed by atoms with Gasteiger partial charge in [0, 0.05) is 10.6 Å². The molecule has 0 radical (unpaired) electrons. The summed E-state index contributed by atoms with van der Waals surface area (Å²) in [4.78, 5) is 17.8. The summed E-state index contributed by atoms with van der Waals surface area (Å²) < 4.78 is 40.3. The molecule has 0 atom stereocenters. The van der Waals surface area contributed by atoms with Gasteiger partial charge in [0.05, 0.1) is 14.3 Å². The molecular formula is C23H13ClFN3O3S2. The van der Waals surface area contributed by atoms with Gasteiger partial charge in [0.2, 0.25) is 14.8 Å². The molecule has 2 aromatic heterocycles. The minimum Gasteiger partial charge on any atom is -0.266 e. The Hall–Kier alpha value is -3.40. The molecule has 0 saturated heterocycles. The maximum absolute atomic E-state index is 13.1. The number of thiazole rings is 1. The molecule has 0 aliphatic carbocycles. The van der Waals surface area contributed by atoms with E-state index in [1.807, 2.05) is 0 Å². The van der Waals surface area contributed by atoms with E-state index < -0.39 is 9.84 Å². The molecule has 164 valence electrons. The second kappa shape index (κ2) is 8.18. The number of halogens is 2. The van der Waals surface area contributed by atoms with Gasteiger partial charge in [0.25, 0.3) is 5.56 Å². The lowest BCUT2D eigenvalue weighted by Gasteiger charge is -2.05. The predicted octanol–water partition coefficient (Wildman–Crippen LogP) is 3.99. The van der Waals surface area contributed by atoms with Crippen LogP contribution >= 0.6 is 22.9 Å². The summed E-state index contributed by atoms with van der Waals surface area (Å²) in [5.74, 6) is -0.0455. The van der Waals surface area contributed by atoms with Gasteiger partial charge in [-0.05, 0) is 72.3 Å². The van der Waals surface area contributed by atoms with E-state index in [1.54, 1.807) is 30.3 Å². The van der Waals surface area contributed by atoms with Crippen LogP contribution in [0, 0.1) is 5.82 Å². The molecule has 0 fully saturated rings. The Bertz CT molecular complexity index is 1690. The zero-order valence-corrected chi connectivity index (χ0v) is 19.0. The highest BCUT2D eigenvalue weighted by molar-refractivity contribution is 7.91. The molecule has 0 spiro atoms. The van der Waals surface area contributed by atoms with Crippen LogP contribution in [0.5, 0.6) is 0 Å². The first-order valence-corrected chi connectivity index (χ1v) is 12.3. The number of hydrogen-bond donors (Lipinski definition) is 0. The minimum absolute atomic E-state index is 0.121. The zero-order valence-electron chi connectivity index (χ0n) is 16.6. The first-order valence-electron chi connectivity index (χ1n) is 9.59. The molecule has 0 aliphatic rings. The Balaban J connectivity index is 1.47. The molecule has 3 aromatic carbocycles. The zero-order chi connectivity index (χ0) is 23.2. The molecule has 6 nitrogen and oxygen atoms in total. The molecule has 0 N–H and O–H groups in total. The fraction of sp³-hybridized carbons (Fsp3) is 0. The Morgan fingerprint density at radius 3 is 2.12 bits per heavy atom. The highest BCUT2D eigenvalue weighted by atomic mass is 35.5. The summed E-state index contributed by atoms with van der Waals surface area (Å²) in [6.45, 7) is 0. The minimum atomic E-state index is -3.69. The first-order chi connectivity index (χ1) is 15.8. The van der Waals surface area contributed by atoms with Crippen molar-refractivity contribution in [1.29, 1.82) is 0 Å². The average molecular weight is 498 g/mol. The van der Waals surface area contributed by atoms with Crippen molar-refractivity contribution in [3.05, 3.63) is 104 Å². The highest BCUT2D eigenvalue weighted by Gasteiger charge is 2.18. The summed E-state index contributed by atoms with van der Waals surface area (Å²) in [5.41, 5.74) is 0.931. The summed E-state index contributed by atoms with van der Waals surface area (Å²) in [6, 6.07) is 17.9.